The minimum Gasteiger partial charge on any atom is -0.508 e. The van der Waals surface area contributed by atoms with Gasteiger partial charge in [-0.1, -0.05) is 17.7 Å². The van der Waals surface area contributed by atoms with Crippen LogP contribution in [0, 0.1) is 5.82 Å². The number of hydrogen-bond donors (Lipinski definition) is 2. The molecule has 3 rings (SSSR count). The smallest absolute Gasteiger partial charge is 0.181 e. The van der Waals surface area contributed by atoms with E-state index in [0.717, 1.165) is 6.07 Å². The summed E-state index contributed by atoms with van der Waals surface area (Å²) < 4.78 is 13.7. The molecular formula is C15H10ClFN4O. The van der Waals surface area contributed by atoms with E-state index in [9.17, 15) is 9.50 Å². The second-order valence-electron chi connectivity index (χ2n) is 4.40. The van der Waals surface area contributed by atoms with Gasteiger partial charge in [0.1, 0.15) is 28.2 Å². The van der Waals surface area contributed by atoms with Crippen molar-refractivity contribution in [3.63, 3.8) is 0 Å². The number of aromatic nitrogens is 3. The van der Waals surface area contributed by atoms with Crippen molar-refractivity contribution in [2.24, 2.45) is 0 Å². The molecule has 0 aliphatic rings. The highest BCUT2D eigenvalue weighted by Gasteiger charge is 2.09. The Hall–Kier alpha value is -2.73. The average Bonchev–Trinajstić information content (AvgIpc) is 2.50. The van der Waals surface area contributed by atoms with Crippen LogP contribution in [0.15, 0.2) is 48.7 Å². The number of hydrogen-bond acceptors (Lipinski definition) is 5. The third kappa shape index (κ3) is 3.12. The summed E-state index contributed by atoms with van der Waals surface area (Å²) in [5.74, 6) is -0.105. The normalized spacial score (nSPS) is 10.5. The fourth-order valence-corrected chi connectivity index (χ4v) is 2.02. The first-order valence-corrected chi connectivity index (χ1v) is 6.71. The standard InChI is InChI=1S/C15H10ClFN4O/c16-13-8-14(19-11-5-4-9(22)7-10(11)17)21-15(20-13)12-3-1-2-6-18-12/h1-8,22H,(H,19,20,21). The maximum absolute atomic E-state index is 13.7. The SMILES string of the molecule is Oc1ccc(Nc2cc(Cl)nc(-c3ccccn3)n2)c(F)c1. The van der Waals surface area contributed by atoms with Crippen molar-refractivity contribution < 1.29 is 9.50 Å². The summed E-state index contributed by atoms with van der Waals surface area (Å²) in [4.78, 5) is 12.5. The first-order valence-electron chi connectivity index (χ1n) is 6.33. The summed E-state index contributed by atoms with van der Waals surface area (Å²) in [5.41, 5.74) is 0.721. The van der Waals surface area contributed by atoms with E-state index in [-0.39, 0.29) is 16.6 Å². The molecule has 0 radical (unpaired) electrons. The molecular weight excluding hydrogens is 307 g/mol. The molecule has 22 heavy (non-hydrogen) atoms. The zero-order valence-electron chi connectivity index (χ0n) is 11.2. The molecule has 2 N–H and O–H groups in total. The third-order valence-corrected chi connectivity index (χ3v) is 3.00. The molecule has 0 aliphatic heterocycles. The van der Waals surface area contributed by atoms with Crippen molar-refractivity contribution in [1.82, 2.24) is 15.0 Å². The Labute approximate surface area is 130 Å². The highest BCUT2D eigenvalue weighted by atomic mass is 35.5. The number of aromatic hydroxyl groups is 1. The molecule has 3 aromatic rings. The summed E-state index contributed by atoms with van der Waals surface area (Å²) >= 11 is 5.98. The average molecular weight is 317 g/mol. The number of anilines is 2. The van der Waals surface area contributed by atoms with Gasteiger partial charge in [0, 0.05) is 18.3 Å². The maximum atomic E-state index is 13.7. The predicted molar refractivity (Wildman–Crippen MR) is 81.6 cm³/mol. The van der Waals surface area contributed by atoms with Crippen molar-refractivity contribution in [1.29, 1.82) is 0 Å². The number of nitrogens with one attached hydrogen (secondary N) is 1. The van der Waals surface area contributed by atoms with E-state index in [2.05, 4.69) is 20.3 Å². The molecule has 0 saturated carbocycles. The lowest BCUT2D eigenvalue weighted by Crippen LogP contribution is -2.00. The van der Waals surface area contributed by atoms with Crippen molar-refractivity contribution >= 4 is 23.1 Å². The zero-order chi connectivity index (χ0) is 15.5. The number of benzene rings is 1. The second kappa shape index (κ2) is 5.95. The monoisotopic (exact) mass is 316 g/mol. The van der Waals surface area contributed by atoms with Gasteiger partial charge in [0.25, 0.3) is 0 Å². The molecule has 0 aliphatic carbocycles. The first kappa shape index (κ1) is 14.2. The van der Waals surface area contributed by atoms with E-state index in [0.29, 0.717) is 17.3 Å². The van der Waals surface area contributed by atoms with Crippen LogP contribution in [0.25, 0.3) is 11.5 Å². The molecule has 2 aromatic heterocycles. The number of rotatable bonds is 3. The molecule has 5 nitrogen and oxygen atoms in total. The lowest BCUT2D eigenvalue weighted by atomic mass is 10.3. The summed E-state index contributed by atoms with van der Waals surface area (Å²) in [5, 5.41) is 12.2. The molecule has 0 saturated heterocycles. The van der Waals surface area contributed by atoms with Crippen LogP contribution in [0.5, 0.6) is 5.75 Å². The van der Waals surface area contributed by atoms with E-state index in [1.54, 1.807) is 24.4 Å². The van der Waals surface area contributed by atoms with Gasteiger partial charge in [-0.25, -0.2) is 14.4 Å². The zero-order valence-corrected chi connectivity index (χ0v) is 11.9. The molecule has 0 unspecified atom stereocenters. The molecule has 0 amide bonds. The van der Waals surface area contributed by atoms with Crippen LogP contribution in [0.4, 0.5) is 15.9 Å². The van der Waals surface area contributed by atoms with Crippen LogP contribution in [-0.2, 0) is 0 Å². The fraction of sp³-hybridized carbons (Fsp3) is 0. The topological polar surface area (TPSA) is 70.9 Å². The summed E-state index contributed by atoms with van der Waals surface area (Å²) in [6.07, 6.45) is 1.62. The number of phenols is 1. The number of halogens is 2. The van der Waals surface area contributed by atoms with Crippen LogP contribution in [0.2, 0.25) is 5.15 Å². The summed E-state index contributed by atoms with van der Waals surface area (Å²) in [7, 11) is 0. The van der Waals surface area contributed by atoms with E-state index in [4.69, 9.17) is 11.6 Å². The molecule has 2 heterocycles. The van der Waals surface area contributed by atoms with Gasteiger partial charge < -0.3 is 10.4 Å². The van der Waals surface area contributed by atoms with Crippen LogP contribution in [0.3, 0.4) is 0 Å². The largest absolute Gasteiger partial charge is 0.508 e. The minimum atomic E-state index is -0.603. The van der Waals surface area contributed by atoms with E-state index < -0.39 is 5.82 Å². The van der Waals surface area contributed by atoms with Crippen LogP contribution < -0.4 is 5.32 Å². The lowest BCUT2D eigenvalue weighted by molar-refractivity contribution is 0.469. The van der Waals surface area contributed by atoms with Gasteiger partial charge in [-0.3, -0.25) is 4.98 Å². The molecule has 110 valence electrons. The number of phenolic OH excluding ortho intramolecular Hbond substituents is 1. The van der Waals surface area contributed by atoms with E-state index in [1.165, 1.54) is 18.2 Å². The van der Waals surface area contributed by atoms with E-state index >= 15 is 0 Å². The Balaban J connectivity index is 1.96. The Morgan fingerprint density at radius 1 is 1.09 bits per heavy atom. The molecule has 0 atom stereocenters. The van der Waals surface area contributed by atoms with Gasteiger partial charge >= 0.3 is 0 Å². The number of pyridine rings is 1. The fourth-order valence-electron chi connectivity index (χ4n) is 1.83. The van der Waals surface area contributed by atoms with Crippen LogP contribution >= 0.6 is 11.6 Å². The molecule has 1 aromatic carbocycles. The molecule has 0 bridgehead atoms. The van der Waals surface area contributed by atoms with Crippen molar-refractivity contribution in [2.75, 3.05) is 5.32 Å². The highest BCUT2D eigenvalue weighted by Crippen LogP contribution is 2.25. The van der Waals surface area contributed by atoms with E-state index in [1.807, 2.05) is 0 Å². The Morgan fingerprint density at radius 3 is 2.68 bits per heavy atom. The summed E-state index contributed by atoms with van der Waals surface area (Å²) in [6.45, 7) is 0. The molecule has 7 heteroatoms. The highest BCUT2D eigenvalue weighted by molar-refractivity contribution is 6.29. The van der Waals surface area contributed by atoms with Gasteiger partial charge in [0.15, 0.2) is 5.82 Å². The summed E-state index contributed by atoms with van der Waals surface area (Å²) in [6, 6.07) is 10.6. The van der Waals surface area contributed by atoms with Crippen molar-refractivity contribution in [3.8, 4) is 17.3 Å². The minimum absolute atomic E-state index is 0.155. The Bertz CT molecular complexity index is 814. The second-order valence-corrected chi connectivity index (χ2v) is 4.79. The molecule has 0 fully saturated rings. The van der Waals surface area contributed by atoms with Gasteiger partial charge in [-0.2, -0.15) is 0 Å². The van der Waals surface area contributed by atoms with Gasteiger partial charge in [-0.05, 0) is 24.3 Å². The van der Waals surface area contributed by atoms with Gasteiger partial charge in [0.2, 0.25) is 0 Å². The molecule has 0 spiro atoms. The van der Waals surface area contributed by atoms with Crippen LogP contribution in [0.1, 0.15) is 0 Å². The van der Waals surface area contributed by atoms with Crippen molar-refractivity contribution in [2.45, 2.75) is 0 Å². The maximum Gasteiger partial charge on any atom is 0.181 e. The predicted octanol–water partition coefficient (Wildman–Crippen LogP) is 3.78. The van der Waals surface area contributed by atoms with Crippen molar-refractivity contribution in [3.05, 3.63) is 59.6 Å². The van der Waals surface area contributed by atoms with Gasteiger partial charge in [-0.15, -0.1) is 0 Å². The third-order valence-electron chi connectivity index (χ3n) is 2.80. The number of nitrogens with zero attached hydrogens (tertiary/aromatic N) is 3. The van der Waals surface area contributed by atoms with Gasteiger partial charge in [0.05, 0.1) is 5.69 Å². The Morgan fingerprint density at radius 2 is 1.95 bits per heavy atom. The quantitative estimate of drug-likeness (QED) is 0.568. The Kier molecular flexibility index (Phi) is 3.84. The lowest BCUT2D eigenvalue weighted by Gasteiger charge is -2.09. The first-order chi connectivity index (χ1) is 10.6. The van der Waals surface area contributed by atoms with Crippen LogP contribution in [-0.4, -0.2) is 20.1 Å².